The van der Waals surface area contributed by atoms with Gasteiger partial charge in [-0.3, -0.25) is 4.79 Å². The van der Waals surface area contributed by atoms with Crippen LogP contribution in [0.25, 0.3) is 0 Å². The Kier molecular flexibility index (Phi) is 4.69. The third-order valence-corrected chi connectivity index (χ3v) is 4.24. The highest BCUT2D eigenvalue weighted by atomic mass is 32.2. The number of carboxylic acids is 1. The van der Waals surface area contributed by atoms with Crippen molar-refractivity contribution in [2.45, 2.75) is 38.6 Å². The van der Waals surface area contributed by atoms with Gasteiger partial charge in [0.05, 0.1) is 6.42 Å². The van der Waals surface area contributed by atoms with Crippen LogP contribution < -0.4 is 4.72 Å². The van der Waals surface area contributed by atoms with E-state index < -0.39 is 22.2 Å². The summed E-state index contributed by atoms with van der Waals surface area (Å²) >= 11 is 0. The van der Waals surface area contributed by atoms with Crippen LogP contribution in [0, 0.1) is 0 Å². The van der Waals surface area contributed by atoms with Gasteiger partial charge in [0.25, 0.3) is 10.2 Å². The van der Waals surface area contributed by atoms with E-state index in [2.05, 4.69) is 4.72 Å². The third-order valence-electron chi connectivity index (χ3n) is 2.58. The molecule has 1 saturated heterocycles. The highest BCUT2D eigenvalue weighted by molar-refractivity contribution is 7.87. The molecule has 6 nitrogen and oxygen atoms in total. The predicted molar refractivity (Wildman–Crippen MR) is 59.2 cm³/mol. The van der Waals surface area contributed by atoms with E-state index in [1.54, 1.807) is 0 Å². The summed E-state index contributed by atoms with van der Waals surface area (Å²) in [7, 11) is -3.50. The van der Waals surface area contributed by atoms with Gasteiger partial charge in [-0.05, 0) is 19.3 Å². The largest absolute Gasteiger partial charge is 0.481 e. The zero-order chi connectivity index (χ0) is 12.2. The summed E-state index contributed by atoms with van der Waals surface area (Å²) in [6, 6.07) is -0.396. The van der Waals surface area contributed by atoms with Crippen molar-refractivity contribution in [2.24, 2.45) is 0 Å². The highest BCUT2D eigenvalue weighted by Crippen LogP contribution is 2.22. The summed E-state index contributed by atoms with van der Waals surface area (Å²) in [5, 5.41) is 8.69. The van der Waals surface area contributed by atoms with Gasteiger partial charge in [0, 0.05) is 19.1 Å². The maximum atomic E-state index is 11.8. The average Bonchev–Trinajstić information content (AvgIpc) is 2.62. The Balaban J connectivity index is 2.66. The molecule has 16 heavy (non-hydrogen) atoms. The number of hydrogen-bond acceptors (Lipinski definition) is 3. The van der Waals surface area contributed by atoms with Crippen LogP contribution in [0.4, 0.5) is 0 Å². The van der Waals surface area contributed by atoms with E-state index in [4.69, 9.17) is 5.11 Å². The number of nitrogens with one attached hydrogen (secondary N) is 1. The maximum absolute atomic E-state index is 11.8. The smallest absolute Gasteiger partial charge is 0.304 e. The zero-order valence-corrected chi connectivity index (χ0v) is 10.2. The molecule has 0 aromatic heterocycles. The van der Waals surface area contributed by atoms with Crippen LogP contribution >= 0.6 is 0 Å². The topological polar surface area (TPSA) is 86.7 Å². The first-order valence-corrected chi connectivity index (χ1v) is 6.89. The van der Waals surface area contributed by atoms with Crippen LogP contribution in [0.3, 0.4) is 0 Å². The normalized spacial score (nSPS) is 22.4. The molecule has 1 atom stereocenters. The molecule has 1 unspecified atom stereocenters. The quantitative estimate of drug-likeness (QED) is 0.703. The van der Waals surface area contributed by atoms with E-state index in [9.17, 15) is 13.2 Å². The van der Waals surface area contributed by atoms with Gasteiger partial charge in [-0.2, -0.15) is 12.7 Å². The van der Waals surface area contributed by atoms with Crippen LogP contribution in [0.1, 0.15) is 32.6 Å². The van der Waals surface area contributed by atoms with Crippen molar-refractivity contribution < 1.29 is 18.3 Å². The number of hydrogen-bond donors (Lipinski definition) is 2. The fourth-order valence-electron chi connectivity index (χ4n) is 1.85. The first kappa shape index (κ1) is 13.4. The van der Waals surface area contributed by atoms with Gasteiger partial charge >= 0.3 is 5.97 Å². The fraction of sp³-hybridized carbons (Fsp3) is 0.889. The second-order valence-electron chi connectivity index (χ2n) is 3.90. The number of carbonyl (C=O) groups is 1. The lowest BCUT2D eigenvalue weighted by Gasteiger charge is -2.22. The van der Waals surface area contributed by atoms with Crippen molar-refractivity contribution >= 4 is 16.2 Å². The maximum Gasteiger partial charge on any atom is 0.304 e. The molecule has 0 spiro atoms. The standard InChI is InChI=1S/C9H18N2O4S/c1-2-5-10-16(14,15)11-6-3-4-8(11)7-9(12)13/h8,10H,2-7H2,1H3,(H,12,13). The SMILES string of the molecule is CCCNS(=O)(=O)N1CCCC1CC(=O)O. The molecule has 0 radical (unpaired) electrons. The van der Waals surface area contributed by atoms with Crippen molar-refractivity contribution in [1.29, 1.82) is 0 Å². The van der Waals surface area contributed by atoms with Gasteiger partial charge in [0.1, 0.15) is 0 Å². The summed E-state index contributed by atoms with van der Waals surface area (Å²) in [5.74, 6) is -0.956. The highest BCUT2D eigenvalue weighted by Gasteiger charge is 2.34. The monoisotopic (exact) mass is 250 g/mol. The predicted octanol–water partition coefficient (Wildman–Crippen LogP) is 0.170. The Bertz CT molecular complexity index is 341. The molecule has 0 bridgehead atoms. The lowest BCUT2D eigenvalue weighted by atomic mass is 10.2. The van der Waals surface area contributed by atoms with E-state index in [0.717, 1.165) is 12.8 Å². The summed E-state index contributed by atoms with van der Waals surface area (Å²) in [6.45, 7) is 2.68. The molecule has 7 heteroatoms. The minimum absolute atomic E-state index is 0.118. The van der Waals surface area contributed by atoms with Gasteiger partial charge in [-0.1, -0.05) is 6.92 Å². The average molecular weight is 250 g/mol. The first-order chi connectivity index (χ1) is 7.47. The molecule has 1 aliphatic rings. The Hall–Kier alpha value is -0.660. The Morgan fingerprint density at radius 1 is 1.56 bits per heavy atom. The van der Waals surface area contributed by atoms with Gasteiger partial charge < -0.3 is 5.11 Å². The first-order valence-electron chi connectivity index (χ1n) is 5.45. The van der Waals surface area contributed by atoms with Gasteiger partial charge in [-0.25, -0.2) is 4.72 Å². The molecule has 0 aromatic carbocycles. The van der Waals surface area contributed by atoms with Gasteiger partial charge in [0.15, 0.2) is 0 Å². The minimum Gasteiger partial charge on any atom is -0.481 e. The number of nitrogens with zero attached hydrogens (tertiary/aromatic N) is 1. The number of carboxylic acid groups (broad SMARTS) is 1. The molecule has 1 fully saturated rings. The Morgan fingerprint density at radius 3 is 2.81 bits per heavy atom. The summed E-state index contributed by atoms with van der Waals surface area (Å²) < 4.78 is 27.3. The van der Waals surface area contributed by atoms with Crippen molar-refractivity contribution in [1.82, 2.24) is 9.03 Å². The molecule has 1 heterocycles. The molecule has 0 saturated carbocycles. The van der Waals surface area contributed by atoms with Crippen molar-refractivity contribution in [2.75, 3.05) is 13.1 Å². The summed E-state index contributed by atoms with van der Waals surface area (Å²) in [6.07, 6.45) is 1.95. The molecular formula is C9H18N2O4S. The number of aliphatic carboxylic acids is 1. The Morgan fingerprint density at radius 2 is 2.25 bits per heavy atom. The van der Waals surface area contributed by atoms with Gasteiger partial charge in [0.2, 0.25) is 0 Å². The van der Waals surface area contributed by atoms with Crippen molar-refractivity contribution in [3.8, 4) is 0 Å². The van der Waals surface area contributed by atoms with E-state index in [0.29, 0.717) is 19.5 Å². The molecule has 0 aliphatic carbocycles. The number of rotatable bonds is 6. The van der Waals surface area contributed by atoms with Crippen LogP contribution in [-0.4, -0.2) is 42.9 Å². The van der Waals surface area contributed by atoms with E-state index in [1.807, 2.05) is 6.92 Å². The van der Waals surface area contributed by atoms with E-state index in [1.165, 1.54) is 4.31 Å². The second kappa shape index (κ2) is 5.60. The fourth-order valence-corrected chi connectivity index (χ4v) is 3.41. The minimum atomic E-state index is -3.50. The molecule has 2 N–H and O–H groups in total. The van der Waals surface area contributed by atoms with E-state index in [-0.39, 0.29) is 6.42 Å². The van der Waals surface area contributed by atoms with Crippen LogP contribution in [-0.2, 0) is 15.0 Å². The molecule has 0 amide bonds. The summed E-state index contributed by atoms with van der Waals surface area (Å²) in [5.41, 5.74) is 0. The van der Waals surface area contributed by atoms with Crippen molar-refractivity contribution in [3.63, 3.8) is 0 Å². The zero-order valence-electron chi connectivity index (χ0n) is 9.35. The van der Waals surface area contributed by atoms with Gasteiger partial charge in [-0.15, -0.1) is 0 Å². The molecule has 1 aliphatic heterocycles. The van der Waals surface area contributed by atoms with Crippen LogP contribution in [0.15, 0.2) is 0 Å². The van der Waals surface area contributed by atoms with Crippen molar-refractivity contribution in [3.05, 3.63) is 0 Å². The molecular weight excluding hydrogens is 232 g/mol. The molecule has 0 aromatic rings. The summed E-state index contributed by atoms with van der Waals surface area (Å²) in [4.78, 5) is 10.6. The van der Waals surface area contributed by atoms with Crippen LogP contribution in [0.5, 0.6) is 0 Å². The lowest BCUT2D eigenvalue weighted by Crippen LogP contribution is -2.44. The molecule has 1 rings (SSSR count). The second-order valence-corrected chi connectivity index (χ2v) is 5.61. The molecule has 94 valence electrons. The Labute approximate surface area is 95.8 Å². The van der Waals surface area contributed by atoms with Crippen LogP contribution in [0.2, 0.25) is 0 Å². The lowest BCUT2D eigenvalue weighted by molar-refractivity contribution is -0.137. The third kappa shape index (κ3) is 3.43. The van der Waals surface area contributed by atoms with E-state index >= 15 is 0 Å².